The van der Waals surface area contributed by atoms with Gasteiger partial charge in [0.15, 0.2) is 11.1 Å². The molecule has 0 saturated carbocycles. The van der Waals surface area contributed by atoms with Crippen molar-refractivity contribution in [2.45, 2.75) is 19.4 Å². The van der Waals surface area contributed by atoms with Crippen LogP contribution in [0.15, 0.2) is 0 Å². The lowest BCUT2D eigenvalue weighted by Crippen LogP contribution is -2.17. The van der Waals surface area contributed by atoms with Gasteiger partial charge in [-0.05, 0) is 13.3 Å². The maximum absolute atomic E-state index is 9.96. The standard InChI is InChI=1S/C4H11NO2S/c1-4(5)2-3-8(6)7/h4H,2-3,5H2,1H3,(H,6,7). The highest BCUT2D eigenvalue weighted by Gasteiger charge is 1.96. The quantitative estimate of drug-likeness (QED) is 0.536. The van der Waals surface area contributed by atoms with E-state index in [1.807, 2.05) is 6.92 Å². The molecule has 4 heteroatoms. The van der Waals surface area contributed by atoms with Crippen LogP contribution in [0.5, 0.6) is 0 Å². The molecule has 8 heavy (non-hydrogen) atoms. The summed E-state index contributed by atoms with van der Waals surface area (Å²) in [5, 5.41) is 0. The summed E-state index contributed by atoms with van der Waals surface area (Å²) >= 11 is -1.67. The zero-order chi connectivity index (χ0) is 6.57. The van der Waals surface area contributed by atoms with Crippen LogP contribution >= 0.6 is 0 Å². The Bertz CT molecular complexity index is 84.1. The first-order chi connectivity index (χ1) is 3.63. The van der Waals surface area contributed by atoms with Crippen molar-refractivity contribution >= 4 is 11.1 Å². The lowest BCUT2D eigenvalue weighted by Gasteiger charge is -1.98. The zero-order valence-corrected chi connectivity index (χ0v) is 5.65. The maximum Gasteiger partial charge on any atom is 0.152 e. The van der Waals surface area contributed by atoms with Gasteiger partial charge in [0.25, 0.3) is 0 Å². The lowest BCUT2D eigenvalue weighted by atomic mass is 10.3. The van der Waals surface area contributed by atoms with Crippen molar-refractivity contribution in [3.05, 3.63) is 0 Å². The van der Waals surface area contributed by atoms with Crippen LogP contribution in [-0.2, 0) is 11.1 Å². The van der Waals surface area contributed by atoms with Crippen molar-refractivity contribution in [1.29, 1.82) is 0 Å². The van der Waals surface area contributed by atoms with Gasteiger partial charge in [-0.2, -0.15) is 0 Å². The van der Waals surface area contributed by atoms with Crippen molar-refractivity contribution in [2.24, 2.45) is 5.73 Å². The van der Waals surface area contributed by atoms with Crippen molar-refractivity contribution in [2.75, 3.05) is 5.75 Å². The van der Waals surface area contributed by atoms with E-state index in [0.717, 1.165) is 0 Å². The Morgan fingerprint density at radius 2 is 2.38 bits per heavy atom. The summed E-state index contributed by atoms with van der Waals surface area (Å²) in [4.78, 5) is 0. The fourth-order valence-electron chi connectivity index (χ4n) is 0.287. The Morgan fingerprint density at radius 1 is 1.88 bits per heavy atom. The molecule has 3 nitrogen and oxygen atoms in total. The van der Waals surface area contributed by atoms with Crippen molar-refractivity contribution in [1.82, 2.24) is 0 Å². The lowest BCUT2D eigenvalue weighted by molar-refractivity contribution is 0.557. The van der Waals surface area contributed by atoms with Crippen LogP contribution < -0.4 is 5.73 Å². The summed E-state index contributed by atoms with van der Waals surface area (Å²) in [7, 11) is 0. The number of hydrogen-bond donors (Lipinski definition) is 2. The second kappa shape index (κ2) is 4.00. The molecular formula is C4H11NO2S. The van der Waals surface area contributed by atoms with Crippen LogP contribution in [0.3, 0.4) is 0 Å². The normalized spacial score (nSPS) is 17.9. The van der Waals surface area contributed by atoms with Gasteiger partial charge in [-0.3, -0.25) is 0 Å². The van der Waals surface area contributed by atoms with Crippen LogP contribution in [0.4, 0.5) is 0 Å². The largest absolute Gasteiger partial charge is 0.328 e. The van der Waals surface area contributed by atoms with E-state index in [-0.39, 0.29) is 11.8 Å². The Kier molecular flexibility index (Phi) is 4.03. The van der Waals surface area contributed by atoms with Crippen molar-refractivity contribution < 1.29 is 8.76 Å². The molecule has 50 valence electrons. The highest BCUT2D eigenvalue weighted by Crippen LogP contribution is 1.86. The molecule has 0 aromatic carbocycles. The third kappa shape index (κ3) is 6.07. The van der Waals surface area contributed by atoms with Crippen molar-refractivity contribution in [3.63, 3.8) is 0 Å². The number of rotatable bonds is 3. The van der Waals surface area contributed by atoms with E-state index in [9.17, 15) is 4.21 Å². The average molecular weight is 137 g/mol. The van der Waals surface area contributed by atoms with Crippen LogP contribution in [0.25, 0.3) is 0 Å². The molecule has 0 heterocycles. The van der Waals surface area contributed by atoms with Gasteiger partial charge in [0.2, 0.25) is 0 Å². The highest BCUT2D eigenvalue weighted by atomic mass is 32.2. The number of nitrogens with two attached hydrogens (primary N) is 1. The Morgan fingerprint density at radius 3 is 2.50 bits per heavy atom. The molecular weight excluding hydrogens is 126 g/mol. The molecule has 0 aromatic heterocycles. The van der Waals surface area contributed by atoms with Gasteiger partial charge in [-0.1, -0.05) is 0 Å². The number of hydrogen-bond acceptors (Lipinski definition) is 2. The van der Waals surface area contributed by atoms with E-state index in [1.165, 1.54) is 0 Å². The first kappa shape index (κ1) is 8.07. The topological polar surface area (TPSA) is 63.3 Å². The summed E-state index contributed by atoms with van der Waals surface area (Å²) in [5.41, 5.74) is 5.30. The molecule has 0 amide bonds. The predicted molar refractivity (Wildman–Crippen MR) is 33.9 cm³/mol. The van der Waals surface area contributed by atoms with Crippen molar-refractivity contribution in [3.8, 4) is 0 Å². The fourth-order valence-corrected chi connectivity index (χ4v) is 0.860. The van der Waals surface area contributed by atoms with E-state index in [1.54, 1.807) is 0 Å². The molecule has 0 aliphatic heterocycles. The second-order valence-corrected chi connectivity index (χ2v) is 2.84. The molecule has 0 aliphatic carbocycles. The van der Waals surface area contributed by atoms with Crippen LogP contribution in [0, 0.1) is 0 Å². The molecule has 0 rings (SSSR count). The van der Waals surface area contributed by atoms with Crippen LogP contribution in [-0.4, -0.2) is 20.6 Å². The van der Waals surface area contributed by atoms with E-state index in [4.69, 9.17) is 10.3 Å². The Hall–Kier alpha value is 0.0700. The molecule has 3 N–H and O–H groups in total. The summed E-state index contributed by atoms with van der Waals surface area (Å²) in [5.74, 6) is 0.289. The predicted octanol–water partition coefficient (Wildman–Crippen LogP) is -0.0546. The van der Waals surface area contributed by atoms with E-state index in [0.29, 0.717) is 6.42 Å². The van der Waals surface area contributed by atoms with Gasteiger partial charge < -0.3 is 10.3 Å². The molecule has 0 aliphatic rings. The van der Waals surface area contributed by atoms with E-state index >= 15 is 0 Å². The fraction of sp³-hybridized carbons (Fsp3) is 1.00. The third-order valence-corrected chi connectivity index (χ3v) is 1.33. The van der Waals surface area contributed by atoms with Gasteiger partial charge >= 0.3 is 0 Å². The average Bonchev–Trinajstić information content (AvgIpc) is 1.61. The third-order valence-electron chi connectivity index (χ3n) is 0.748. The van der Waals surface area contributed by atoms with Gasteiger partial charge in [0.05, 0.1) is 5.75 Å². The van der Waals surface area contributed by atoms with Gasteiger partial charge in [-0.15, -0.1) is 0 Å². The Labute approximate surface area is 51.6 Å². The SMILES string of the molecule is CC(N)CCS(=O)O. The Balaban J connectivity index is 3.05. The summed E-state index contributed by atoms with van der Waals surface area (Å²) < 4.78 is 18.2. The van der Waals surface area contributed by atoms with Crippen LogP contribution in [0.2, 0.25) is 0 Å². The second-order valence-electron chi connectivity index (χ2n) is 1.79. The van der Waals surface area contributed by atoms with E-state index in [2.05, 4.69) is 0 Å². The molecule has 0 aromatic rings. The van der Waals surface area contributed by atoms with Gasteiger partial charge in [0, 0.05) is 6.04 Å². The molecule has 2 unspecified atom stereocenters. The monoisotopic (exact) mass is 137 g/mol. The van der Waals surface area contributed by atoms with Gasteiger partial charge in [0.1, 0.15) is 0 Å². The maximum atomic E-state index is 9.96. The molecule has 0 radical (unpaired) electrons. The summed E-state index contributed by atoms with van der Waals surface area (Å²) in [6.07, 6.45) is 0.614. The zero-order valence-electron chi connectivity index (χ0n) is 4.83. The highest BCUT2D eigenvalue weighted by molar-refractivity contribution is 7.79. The van der Waals surface area contributed by atoms with Gasteiger partial charge in [-0.25, -0.2) is 4.21 Å². The molecule has 0 saturated heterocycles. The molecule has 0 spiro atoms. The molecule has 0 bridgehead atoms. The smallest absolute Gasteiger partial charge is 0.152 e. The molecule has 0 fully saturated rings. The minimum absolute atomic E-state index is 0.0334. The first-order valence-electron chi connectivity index (χ1n) is 2.46. The minimum Gasteiger partial charge on any atom is -0.328 e. The summed E-state index contributed by atoms with van der Waals surface area (Å²) in [6, 6.07) is 0.0334. The minimum atomic E-state index is -1.67. The van der Waals surface area contributed by atoms with E-state index < -0.39 is 11.1 Å². The van der Waals surface area contributed by atoms with Crippen LogP contribution in [0.1, 0.15) is 13.3 Å². The molecule has 2 atom stereocenters. The summed E-state index contributed by atoms with van der Waals surface area (Å²) in [6.45, 7) is 1.81. The first-order valence-corrected chi connectivity index (χ1v) is 3.73.